The average molecular weight is 494 g/mol. The molecule has 0 saturated heterocycles. The first kappa shape index (κ1) is 26.2. The minimum absolute atomic E-state index is 0.0596. The van der Waals surface area contributed by atoms with Gasteiger partial charge < -0.3 is 24.8 Å². The molecule has 35 heavy (non-hydrogen) atoms. The van der Waals surface area contributed by atoms with Gasteiger partial charge in [-0.25, -0.2) is 4.99 Å². The summed E-state index contributed by atoms with van der Waals surface area (Å²) in [6, 6.07) is 11.9. The van der Waals surface area contributed by atoms with Crippen LogP contribution in [0.4, 0.5) is 5.69 Å². The van der Waals surface area contributed by atoms with Crippen molar-refractivity contribution in [2.45, 2.75) is 12.5 Å². The predicted molar refractivity (Wildman–Crippen MR) is 146 cm³/mol. The summed E-state index contributed by atoms with van der Waals surface area (Å²) in [6.45, 7) is 9.89. The fraction of sp³-hybridized carbons (Fsp3) is 0.333. The van der Waals surface area contributed by atoms with Gasteiger partial charge in [0.2, 0.25) is 0 Å². The van der Waals surface area contributed by atoms with Crippen LogP contribution in [0.15, 0.2) is 83.1 Å². The highest BCUT2D eigenvalue weighted by molar-refractivity contribution is 7.10. The number of benzene rings is 1. The number of amides is 1. The third-order valence-corrected chi connectivity index (χ3v) is 6.76. The van der Waals surface area contributed by atoms with Gasteiger partial charge in [-0.15, -0.1) is 11.3 Å². The van der Waals surface area contributed by atoms with E-state index in [9.17, 15) is 4.79 Å². The number of nitrogens with one attached hydrogen (secondary N) is 1. The Morgan fingerprint density at radius 2 is 2.11 bits per heavy atom. The maximum atomic E-state index is 13.7. The van der Waals surface area contributed by atoms with Crippen molar-refractivity contribution in [1.29, 1.82) is 0 Å². The molecule has 0 aliphatic carbocycles. The molecule has 1 atom stereocenters. The zero-order valence-electron chi connectivity index (χ0n) is 21.0. The minimum Gasteiger partial charge on any atom is -0.485 e. The van der Waals surface area contributed by atoms with E-state index in [2.05, 4.69) is 34.9 Å². The molecule has 0 radical (unpaired) electrons. The first-order valence-corrected chi connectivity index (χ1v) is 12.5. The highest BCUT2D eigenvalue weighted by atomic mass is 32.1. The predicted octanol–water partition coefficient (Wildman–Crippen LogP) is 4.30. The van der Waals surface area contributed by atoms with Crippen LogP contribution in [0, 0.1) is 0 Å². The van der Waals surface area contributed by atoms with E-state index in [0.29, 0.717) is 24.5 Å². The Morgan fingerprint density at radius 1 is 1.31 bits per heavy atom. The Balaban J connectivity index is 1.91. The van der Waals surface area contributed by atoms with Crippen molar-refractivity contribution in [3.8, 4) is 5.75 Å². The van der Waals surface area contributed by atoms with Crippen LogP contribution in [0.1, 0.15) is 17.4 Å². The highest BCUT2D eigenvalue weighted by Gasteiger charge is 2.27. The number of carbonyl (C=O) groups excluding carboxylic acids is 1. The maximum Gasteiger partial charge on any atom is 0.262 e. The molecule has 1 amide bonds. The van der Waals surface area contributed by atoms with E-state index in [4.69, 9.17) is 4.74 Å². The van der Waals surface area contributed by atoms with Crippen molar-refractivity contribution in [1.82, 2.24) is 15.1 Å². The second kappa shape index (κ2) is 12.4. The molecule has 1 aromatic carbocycles. The van der Waals surface area contributed by atoms with Gasteiger partial charge in [-0.05, 0) is 43.2 Å². The van der Waals surface area contributed by atoms with E-state index < -0.39 is 0 Å². The second-order valence-electron chi connectivity index (χ2n) is 8.46. The molecule has 1 aliphatic rings. The molecule has 1 unspecified atom stereocenters. The number of nitrogens with zero attached hydrogens (tertiary/aromatic N) is 4. The van der Waals surface area contributed by atoms with Crippen molar-refractivity contribution >= 4 is 29.1 Å². The van der Waals surface area contributed by atoms with Crippen molar-refractivity contribution in [2.75, 3.05) is 52.7 Å². The summed E-state index contributed by atoms with van der Waals surface area (Å²) in [5.41, 5.74) is 1.99. The third kappa shape index (κ3) is 6.61. The van der Waals surface area contributed by atoms with Gasteiger partial charge in [0.1, 0.15) is 17.7 Å². The highest BCUT2D eigenvalue weighted by Crippen LogP contribution is 2.31. The van der Waals surface area contributed by atoms with Gasteiger partial charge >= 0.3 is 0 Å². The number of thiophene rings is 1. The van der Waals surface area contributed by atoms with Gasteiger partial charge in [-0.2, -0.15) is 0 Å². The van der Waals surface area contributed by atoms with Crippen molar-refractivity contribution < 1.29 is 9.53 Å². The monoisotopic (exact) mass is 493 g/mol. The SMILES string of the molecule is C=CC1=C(C=NC(=C)N(C)C)C(=O)N(c2cccc(OC(CCNC)c3cccs3)c2)CCN1C. The lowest BCUT2D eigenvalue weighted by Gasteiger charge is -2.24. The summed E-state index contributed by atoms with van der Waals surface area (Å²) < 4.78 is 6.40. The number of hydrogen-bond acceptors (Lipinski definition) is 7. The molecule has 1 N–H and O–H groups in total. The lowest BCUT2D eigenvalue weighted by Crippen LogP contribution is -2.34. The topological polar surface area (TPSA) is 60.4 Å². The standard InChI is InChI=1S/C27H35N5O2S/c1-7-24-23(19-29-20(2)30(4)5)27(33)32(16-15-31(24)6)21-10-8-11-22(18-21)34-25(13-14-28-3)26-12-9-17-35-26/h7-12,17-19,25,28H,1-2,13-16H2,3-6H3. The minimum atomic E-state index is -0.137. The average Bonchev–Trinajstić information content (AvgIpc) is 3.35. The lowest BCUT2D eigenvalue weighted by molar-refractivity contribution is -0.114. The van der Waals surface area contributed by atoms with Gasteiger partial charge in [0, 0.05) is 63.5 Å². The summed E-state index contributed by atoms with van der Waals surface area (Å²) in [4.78, 5) is 24.9. The van der Waals surface area contributed by atoms with Crippen LogP contribution in [0.5, 0.6) is 5.75 Å². The van der Waals surface area contributed by atoms with Crippen LogP contribution in [0.2, 0.25) is 0 Å². The first-order chi connectivity index (χ1) is 16.8. The maximum absolute atomic E-state index is 13.7. The normalized spacial score (nSPS) is 15.4. The molecule has 0 bridgehead atoms. The van der Waals surface area contributed by atoms with E-state index >= 15 is 0 Å². The lowest BCUT2D eigenvalue weighted by atomic mass is 10.1. The fourth-order valence-electron chi connectivity index (χ4n) is 3.72. The molecular formula is C27H35N5O2S. The van der Waals surface area contributed by atoms with E-state index in [1.165, 1.54) is 4.88 Å². The van der Waals surface area contributed by atoms with Gasteiger partial charge in [-0.3, -0.25) is 4.79 Å². The molecule has 8 heteroatoms. The molecule has 2 aromatic rings. The number of rotatable bonds is 11. The zero-order valence-corrected chi connectivity index (χ0v) is 21.8. The van der Waals surface area contributed by atoms with E-state index in [1.807, 2.05) is 63.4 Å². The summed E-state index contributed by atoms with van der Waals surface area (Å²) in [7, 11) is 7.62. The molecule has 7 nitrogen and oxygen atoms in total. The van der Waals surface area contributed by atoms with Crippen molar-refractivity contribution in [3.63, 3.8) is 0 Å². The van der Waals surface area contributed by atoms with Crippen LogP contribution < -0.4 is 15.0 Å². The quantitative estimate of drug-likeness (QED) is 0.473. The zero-order chi connectivity index (χ0) is 25.4. The summed E-state index contributed by atoms with van der Waals surface area (Å²) in [5.74, 6) is 1.15. The Labute approximate surface area is 212 Å². The molecule has 0 saturated carbocycles. The first-order valence-electron chi connectivity index (χ1n) is 11.6. The number of anilines is 1. The molecule has 186 valence electrons. The molecule has 1 aromatic heterocycles. The Hall–Kier alpha value is -3.36. The van der Waals surface area contributed by atoms with E-state index in [1.54, 1.807) is 33.4 Å². The fourth-order valence-corrected chi connectivity index (χ4v) is 4.51. The Kier molecular flexibility index (Phi) is 9.28. The van der Waals surface area contributed by atoms with Crippen LogP contribution in [0.3, 0.4) is 0 Å². The van der Waals surface area contributed by atoms with Crippen LogP contribution in [0.25, 0.3) is 0 Å². The van der Waals surface area contributed by atoms with Gasteiger partial charge in [0.15, 0.2) is 0 Å². The molecule has 3 rings (SSSR count). The van der Waals surface area contributed by atoms with Crippen LogP contribution in [-0.4, -0.2) is 69.7 Å². The molecule has 0 spiro atoms. The molecular weight excluding hydrogens is 458 g/mol. The van der Waals surface area contributed by atoms with Crippen LogP contribution in [-0.2, 0) is 4.79 Å². The van der Waals surface area contributed by atoms with Gasteiger partial charge in [0.25, 0.3) is 5.91 Å². The molecule has 2 heterocycles. The summed E-state index contributed by atoms with van der Waals surface area (Å²) in [6.07, 6.45) is 4.07. The van der Waals surface area contributed by atoms with Crippen LogP contribution >= 0.6 is 11.3 Å². The van der Waals surface area contributed by atoms with Crippen molar-refractivity contribution in [3.05, 3.63) is 83.0 Å². The summed E-state index contributed by atoms with van der Waals surface area (Å²) >= 11 is 1.69. The Bertz CT molecular complexity index is 1090. The number of hydrogen-bond donors (Lipinski definition) is 1. The largest absolute Gasteiger partial charge is 0.485 e. The smallest absolute Gasteiger partial charge is 0.262 e. The number of aliphatic imine (C=N–C) groups is 1. The Morgan fingerprint density at radius 3 is 2.77 bits per heavy atom. The number of likely N-dealkylation sites (N-methyl/N-ethyl adjacent to an activating group) is 1. The van der Waals surface area contributed by atoms with Gasteiger partial charge in [0.05, 0.1) is 11.3 Å². The number of carbonyl (C=O) groups is 1. The van der Waals surface area contributed by atoms with Gasteiger partial charge in [-0.1, -0.05) is 25.3 Å². The van der Waals surface area contributed by atoms with E-state index in [0.717, 1.165) is 30.1 Å². The summed E-state index contributed by atoms with van der Waals surface area (Å²) in [5, 5.41) is 5.26. The number of allylic oxidation sites excluding steroid dienone is 1. The second-order valence-corrected chi connectivity index (χ2v) is 9.44. The third-order valence-electron chi connectivity index (χ3n) is 5.80. The van der Waals surface area contributed by atoms with E-state index in [-0.39, 0.29) is 12.0 Å². The number of ether oxygens (including phenoxy) is 1. The van der Waals surface area contributed by atoms with Crippen molar-refractivity contribution in [2.24, 2.45) is 4.99 Å². The molecule has 1 aliphatic heterocycles. The molecule has 0 fully saturated rings.